The van der Waals surface area contributed by atoms with E-state index in [-0.39, 0.29) is 5.78 Å². The molecule has 0 saturated carbocycles. The number of hydrogen-bond acceptors (Lipinski definition) is 6. The number of rotatable bonds is 5. The van der Waals surface area contributed by atoms with Crippen molar-refractivity contribution in [3.8, 4) is 0 Å². The van der Waals surface area contributed by atoms with Crippen molar-refractivity contribution < 1.29 is 4.79 Å². The summed E-state index contributed by atoms with van der Waals surface area (Å²) in [5.41, 5.74) is 9.64. The lowest BCUT2D eigenvalue weighted by molar-refractivity contribution is 0.101. The van der Waals surface area contributed by atoms with E-state index in [9.17, 15) is 4.79 Å². The molecular formula is C19H18ClN5O. The maximum atomic E-state index is 11.5. The number of Topliss-reactive ketones (excluding diaryl/α,β-unsaturated/α-hetero) is 1. The summed E-state index contributed by atoms with van der Waals surface area (Å²) < 4.78 is 0. The molecule has 3 rings (SSSR count). The van der Waals surface area contributed by atoms with Crippen LogP contribution in [0.25, 0.3) is 0 Å². The van der Waals surface area contributed by atoms with Crippen molar-refractivity contribution in [2.24, 2.45) is 0 Å². The van der Waals surface area contributed by atoms with Crippen molar-refractivity contribution in [2.75, 3.05) is 16.4 Å². The highest BCUT2D eigenvalue weighted by atomic mass is 35.5. The van der Waals surface area contributed by atoms with Crippen LogP contribution in [-0.4, -0.2) is 15.8 Å². The van der Waals surface area contributed by atoms with Crippen LogP contribution in [0.5, 0.6) is 0 Å². The zero-order chi connectivity index (χ0) is 18.7. The van der Waals surface area contributed by atoms with Gasteiger partial charge in [-0.15, -0.1) is 0 Å². The van der Waals surface area contributed by atoms with Gasteiger partial charge in [0.25, 0.3) is 0 Å². The van der Waals surface area contributed by atoms with Gasteiger partial charge in [-0.05, 0) is 43.7 Å². The second-order valence-electron chi connectivity index (χ2n) is 5.84. The summed E-state index contributed by atoms with van der Waals surface area (Å²) in [6, 6.07) is 12.7. The summed E-state index contributed by atoms with van der Waals surface area (Å²) in [6.07, 6.45) is 1.41. The van der Waals surface area contributed by atoms with E-state index in [1.165, 1.54) is 13.3 Å². The molecule has 132 valence electrons. The van der Waals surface area contributed by atoms with Crippen LogP contribution in [0.4, 0.5) is 28.7 Å². The fourth-order valence-corrected chi connectivity index (χ4v) is 2.54. The lowest BCUT2D eigenvalue weighted by Crippen LogP contribution is -2.05. The van der Waals surface area contributed by atoms with Crippen LogP contribution in [0.3, 0.4) is 0 Å². The number of ketones is 1. The van der Waals surface area contributed by atoms with Gasteiger partial charge < -0.3 is 16.4 Å². The van der Waals surface area contributed by atoms with E-state index in [0.29, 0.717) is 33.6 Å². The fourth-order valence-electron chi connectivity index (χ4n) is 2.35. The third-order valence-electron chi connectivity index (χ3n) is 3.85. The molecular weight excluding hydrogens is 350 g/mol. The summed E-state index contributed by atoms with van der Waals surface area (Å²) in [5.74, 6) is 0.898. The number of carbonyl (C=O) groups excluding carboxylic acids is 1. The van der Waals surface area contributed by atoms with Crippen molar-refractivity contribution in [2.45, 2.75) is 13.8 Å². The van der Waals surface area contributed by atoms with Crippen LogP contribution in [-0.2, 0) is 0 Å². The predicted molar refractivity (Wildman–Crippen MR) is 106 cm³/mol. The molecule has 3 aromatic rings. The fraction of sp³-hybridized carbons (Fsp3) is 0.105. The monoisotopic (exact) mass is 367 g/mol. The van der Waals surface area contributed by atoms with Gasteiger partial charge in [-0.2, -0.15) is 0 Å². The molecule has 0 radical (unpaired) electrons. The molecule has 0 unspecified atom stereocenters. The molecule has 0 fully saturated rings. The van der Waals surface area contributed by atoms with Gasteiger partial charge in [0.05, 0.1) is 0 Å². The van der Waals surface area contributed by atoms with Gasteiger partial charge in [0.2, 0.25) is 0 Å². The second-order valence-corrected chi connectivity index (χ2v) is 6.24. The molecule has 0 aliphatic carbocycles. The number of nitrogen functional groups attached to an aromatic ring is 1. The predicted octanol–water partition coefficient (Wildman–Crippen LogP) is 4.71. The number of nitrogens with one attached hydrogen (secondary N) is 2. The third kappa shape index (κ3) is 3.92. The minimum absolute atomic E-state index is 0.0112. The molecule has 0 bridgehead atoms. The number of carbonyl (C=O) groups is 1. The number of anilines is 5. The van der Waals surface area contributed by atoms with Gasteiger partial charge in [-0.25, -0.2) is 9.97 Å². The zero-order valence-corrected chi connectivity index (χ0v) is 15.1. The highest BCUT2D eigenvalue weighted by Gasteiger charge is 2.10. The van der Waals surface area contributed by atoms with Crippen LogP contribution in [0.2, 0.25) is 5.02 Å². The molecule has 0 spiro atoms. The summed E-state index contributed by atoms with van der Waals surface area (Å²) >= 11 is 6.15. The number of benzene rings is 2. The number of nitrogens with two attached hydrogens (primary N) is 1. The molecule has 7 heteroatoms. The highest BCUT2D eigenvalue weighted by Crippen LogP contribution is 2.29. The van der Waals surface area contributed by atoms with Gasteiger partial charge in [0.1, 0.15) is 12.0 Å². The Morgan fingerprint density at radius 2 is 1.69 bits per heavy atom. The number of aryl methyl sites for hydroxylation is 1. The Morgan fingerprint density at radius 1 is 1.04 bits per heavy atom. The van der Waals surface area contributed by atoms with Crippen molar-refractivity contribution in [3.05, 3.63) is 64.9 Å². The van der Waals surface area contributed by atoms with Gasteiger partial charge >= 0.3 is 0 Å². The zero-order valence-electron chi connectivity index (χ0n) is 14.4. The average molecular weight is 368 g/mol. The lowest BCUT2D eigenvalue weighted by Gasteiger charge is -2.13. The van der Waals surface area contributed by atoms with Gasteiger partial charge in [-0.3, -0.25) is 4.79 Å². The Labute approximate surface area is 156 Å². The van der Waals surface area contributed by atoms with Crippen LogP contribution in [0.1, 0.15) is 22.8 Å². The molecule has 6 nitrogen and oxygen atoms in total. The van der Waals surface area contributed by atoms with Crippen molar-refractivity contribution in [1.29, 1.82) is 0 Å². The Kier molecular flexibility index (Phi) is 5.04. The minimum atomic E-state index is -0.0112. The van der Waals surface area contributed by atoms with E-state index in [0.717, 1.165) is 11.3 Å². The van der Waals surface area contributed by atoms with E-state index in [2.05, 4.69) is 20.6 Å². The summed E-state index contributed by atoms with van der Waals surface area (Å²) in [7, 11) is 0. The summed E-state index contributed by atoms with van der Waals surface area (Å²) in [6.45, 7) is 3.45. The molecule has 26 heavy (non-hydrogen) atoms. The van der Waals surface area contributed by atoms with Crippen LogP contribution >= 0.6 is 11.6 Å². The Bertz CT molecular complexity index is 974. The second kappa shape index (κ2) is 7.41. The molecule has 2 aromatic carbocycles. The van der Waals surface area contributed by atoms with E-state index in [1.54, 1.807) is 18.2 Å². The first-order valence-electron chi connectivity index (χ1n) is 7.95. The van der Waals surface area contributed by atoms with E-state index in [1.807, 2.05) is 31.2 Å². The maximum absolute atomic E-state index is 11.5. The lowest BCUT2D eigenvalue weighted by atomic mass is 10.1. The molecule has 0 amide bonds. The van der Waals surface area contributed by atoms with Crippen molar-refractivity contribution in [1.82, 2.24) is 9.97 Å². The van der Waals surface area contributed by atoms with E-state index < -0.39 is 0 Å². The molecule has 4 N–H and O–H groups in total. The van der Waals surface area contributed by atoms with Gasteiger partial charge in [-0.1, -0.05) is 29.8 Å². The molecule has 0 saturated heterocycles. The Balaban J connectivity index is 1.86. The molecule has 1 heterocycles. The van der Waals surface area contributed by atoms with Crippen molar-refractivity contribution >= 4 is 46.1 Å². The quantitative estimate of drug-likeness (QED) is 0.565. The molecule has 0 aliphatic heterocycles. The van der Waals surface area contributed by atoms with E-state index >= 15 is 0 Å². The summed E-state index contributed by atoms with van der Waals surface area (Å²) in [5, 5.41) is 6.92. The van der Waals surface area contributed by atoms with Gasteiger partial charge in [0.15, 0.2) is 17.4 Å². The maximum Gasteiger partial charge on any atom is 0.159 e. The number of aromatic nitrogens is 2. The first kappa shape index (κ1) is 17.7. The Morgan fingerprint density at radius 3 is 2.31 bits per heavy atom. The first-order valence-corrected chi connectivity index (χ1v) is 8.33. The smallest absolute Gasteiger partial charge is 0.159 e. The van der Waals surface area contributed by atoms with Crippen LogP contribution < -0.4 is 16.4 Å². The van der Waals surface area contributed by atoms with Crippen LogP contribution in [0, 0.1) is 6.92 Å². The summed E-state index contributed by atoms with van der Waals surface area (Å²) in [4.78, 5) is 19.9. The van der Waals surface area contributed by atoms with E-state index in [4.69, 9.17) is 17.3 Å². The highest BCUT2D eigenvalue weighted by molar-refractivity contribution is 6.31. The first-order chi connectivity index (χ1) is 12.4. The molecule has 0 atom stereocenters. The molecule has 0 aliphatic rings. The Hall–Kier alpha value is -3.12. The van der Waals surface area contributed by atoms with Crippen molar-refractivity contribution in [3.63, 3.8) is 0 Å². The third-order valence-corrected chi connectivity index (χ3v) is 4.26. The minimum Gasteiger partial charge on any atom is -0.393 e. The average Bonchev–Trinajstić information content (AvgIpc) is 2.62. The van der Waals surface area contributed by atoms with Gasteiger partial charge in [0, 0.05) is 22.0 Å². The number of nitrogens with zero attached hydrogens (tertiary/aromatic N) is 2. The largest absolute Gasteiger partial charge is 0.393 e. The normalized spacial score (nSPS) is 10.4. The number of hydrogen-bond donors (Lipinski definition) is 3. The topological polar surface area (TPSA) is 92.9 Å². The number of halogens is 1. The molecule has 1 aromatic heterocycles. The standard InChI is InChI=1S/C19H18ClN5O/c1-11-6-7-15(9-16(11)20)25-19-17(21)18(22-10-23-19)24-14-5-3-4-13(8-14)12(2)26/h3-10H,21H2,1-2H3,(H2,22,23,24,25). The SMILES string of the molecule is CC(=O)c1cccc(Nc2ncnc(Nc3ccc(C)c(Cl)c3)c2N)c1. The van der Waals surface area contributed by atoms with Crippen LogP contribution in [0.15, 0.2) is 48.8 Å².